The fraction of sp³-hybridized carbons (Fsp3) is 0.281. The molecule has 4 N–H and O–H groups in total. The Morgan fingerprint density at radius 3 is 0.615 bits per heavy atom. The number of benzene rings is 12. The lowest BCUT2D eigenvalue weighted by Gasteiger charge is -2.15. The number of carbonyl (C=O) groups excluding carboxylic acids is 6. The normalized spacial score (nSPS) is 12.2. The van der Waals surface area contributed by atoms with Crippen LogP contribution in [0.3, 0.4) is 0 Å². The first kappa shape index (κ1) is 88.2. The molecule has 0 unspecified atom stereocenters. The molecule has 130 heavy (non-hydrogen) atoms. The number of ether oxygens (including phenoxy) is 6. The number of aromatic amines is 4. The first-order chi connectivity index (χ1) is 63.6. The Kier molecular flexibility index (Phi) is 27.0. The summed E-state index contributed by atoms with van der Waals surface area (Å²) in [5.41, 5.74) is 10.2. The molecule has 660 valence electrons. The van der Waals surface area contributed by atoms with Crippen molar-refractivity contribution >= 4 is 144 Å². The Bertz CT molecular complexity index is 6880. The number of rotatable bonds is 34. The highest BCUT2D eigenvalue weighted by atomic mass is 16.6. The lowest BCUT2D eigenvalue weighted by atomic mass is 9.91. The Balaban J connectivity index is 1.20. The van der Waals surface area contributed by atoms with E-state index in [0.29, 0.717) is 162 Å². The highest BCUT2D eigenvalue weighted by Crippen LogP contribution is 2.43. The van der Waals surface area contributed by atoms with Gasteiger partial charge in [-0.2, -0.15) is 0 Å². The van der Waals surface area contributed by atoms with Gasteiger partial charge in [0.1, 0.15) is 0 Å². The third-order valence-corrected chi connectivity index (χ3v) is 25.1. The largest absolute Gasteiger partial charge is 0.462 e. The van der Waals surface area contributed by atoms with Gasteiger partial charge in [0, 0.05) is 65.4 Å². The average molecular weight is 1730 g/mol. The lowest BCUT2D eigenvalue weighted by Crippen LogP contribution is -2.20. The van der Waals surface area contributed by atoms with Gasteiger partial charge in [0.2, 0.25) is 0 Å². The molecule has 8 bridgehead atoms. The molecule has 16 heteroatoms. The molecule has 1 aliphatic carbocycles. The molecule has 17 rings (SSSR count). The second-order valence-corrected chi connectivity index (χ2v) is 34.6. The Morgan fingerprint density at radius 2 is 0.408 bits per heavy atom. The van der Waals surface area contributed by atoms with E-state index >= 15 is 28.8 Å². The van der Waals surface area contributed by atoms with Gasteiger partial charge in [0.05, 0.1) is 117 Å². The van der Waals surface area contributed by atoms with E-state index in [-0.39, 0.29) is 61.9 Å². The van der Waals surface area contributed by atoms with Gasteiger partial charge in [-0.05, 0) is 250 Å². The van der Waals surface area contributed by atoms with Gasteiger partial charge >= 0.3 is 35.8 Å². The van der Waals surface area contributed by atoms with Crippen molar-refractivity contribution < 1.29 is 57.2 Å². The third-order valence-electron chi connectivity index (χ3n) is 25.1. The first-order valence-electron chi connectivity index (χ1n) is 46.9. The molecule has 16 nitrogen and oxygen atoms in total. The fourth-order valence-electron chi connectivity index (χ4n) is 18.2. The summed E-state index contributed by atoms with van der Waals surface area (Å²) in [6.07, 6.45) is 13.1. The van der Waals surface area contributed by atoms with E-state index in [2.05, 4.69) is 169 Å². The first-order valence-corrected chi connectivity index (χ1v) is 46.9. The summed E-state index contributed by atoms with van der Waals surface area (Å²) < 4.78 is 37.4. The molecule has 4 aromatic heterocycles. The number of aromatic nitrogens is 4. The van der Waals surface area contributed by atoms with Crippen molar-refractivity contribution in [2.45, 2.75) is 171 Å². The lowest BCUT2D eigenvalue weighted by molar-refractivity contribution is 0.0479. The molecule has 4 heterocycles. The third kappa shape index (κ3) is 18.1. The van der Waals surface area contributed by atoms with Gasteiger partial charge in [0.25, 0.3) is 0 Å². The number of carbonyl (C=O) groups is 6. The van der Waals surface area contributed by atoms with E-state index in [4.69, 9.17) is 28.4 Å². The molecule has 1 aliphatic rings. The van der Waals surface area contributed by atoms with Crippen LogP contribution < -0.4 is 21.4 Å². The van der Waals surface area contributed by atoms with E-state index in [1.807, 2.05) is 113 Å². The van der Waals surface area contributed by atoms with Crippen LogP contribution in [0.4, 0.5) is 0 Å². The molecule has 12 aromatic carbocycles. The van der Waals surface area contributed by atoms with Crippen LogP contribution in [-0.2, 0) is 41.3 Å². The van der Waals surface area contributed by atoms with Gasteiger partial charge in [-0.1, -0.05) is 216 Å². The van der Waals surface area contributed by atoms with Crippen LogP contribution in [-0.4, -0.2) is 95.4 Å². The molecule has 0 saturated heterocycles. The van der Waals surface area contributed by atoms with Gasteiger partial charge in [-0.25, -0.2) is 28.8 Å². The maximum absolute atomic E-state index is 15.4. The van der Waals surface area contributed by atoms with Crippen molar-refractivity contribution in [1.29, 1.82) is 0 Å². The highest BCUT2D eigenvalue weighted by molar-refractivity contribution is 6.16. The quantitative estimate of drug-likeness (QED) is 0.0168. The van der Waals surface area contributed by atoms with Crippen molar-refractivity contribution in [1.82, 2.24) is 19.9 Å². The van der Waals surface area contributed by atoms with Crippen LogP contribution in [0.5, 0.6) is 0 Å². The highest BCUT2D eigenvalue weighted by Gasteiger charge is 2.32. The minimum absolute atomic E-state index is 0.111. The van der Waals surface area contributed by atoms with Gasteiger partial charge < -0.3 is 48.4 Å². The van der Waals surface area contributed by atoms with Crippen molar-refractivity contribution in [2.75, 3.05) is 39.6 Å². The van der Waals surface area contributed by atoms with Crippen molar-refractivity contribution in [2.24, 2.45) is 0 Å². The molecule has 0 fully saturated rings. The summed E-state index contributed by atoms with van der Waals surface area (Å²) >= 11 is 0. The van der Waals surface area contributed by atoms with Crippen LogP contribution in [0.25, 0.3) is 108 Å². The molecule has 16 aromatic rings. The van der Waals surface area contributed by atoms with E-state index in [1.165, 1.54) is 0 Å². The number of esters is 6. The topological polar surface area (TPSA) is 221 Å². The fourth-order valence-corrected chi connectivity index (χ4v) is 18.2. The maximum atomic E-state index is 15.4. The molecule has 0 saturated carbocycles. The zero-order valence-corrected chi connectivity index (χ0v) is 75.7. The van der Waals surface area contributed by atoms with Crippen LogP contribution >= 0.6 is 0 Å². The maximum Gasteiger partial charge on any atom is 0.338 e. The summed E-state index contributed by atoms with van der Waals surface area (Å²) in [5, 5.41) is 15.8. The summed E-state index contributed by atoms with van der Waals surface area (Å²) in [6, 6.07) is 73.7. The Morgan fingerprint density at radius 1 is 0.215 bits per heavy atom. The molecule has 0 aliphatic heterocycles. The van der Waals surface area contributed by atoms with Crippen LogP contribution in [0.2, 0.25) is 0 Å². The summed E-state index contributed by atoms with van der Waals surface area (Å²) in [4.78, 5) is 109. The van der Waals surface area contributed by atoms with Crippen molar-refractivity contribution in [3.8, 4) is 0 Å². The number of aryl methyl sites for hydroxylation is 2. The van der Waals surface area contributed by atoms with E-state index in [1.54, 1.807) is 12.1 Å². The molecule has 0 radical (unpaired) electrons. The predicted octanol–water partition coefficient (Wildman–Crippen LogP) is 24.0. The summed E-state index contributed by atoms with van der Waals surface area (Å²) in [7, 11) is 0. The number of unbranched alkanes of at least 4 members (excludes halogenated alkanes) is 8. The predicted molar refractivity (Wildman–Crippen MR) is 522 cm³/mol. The average Bonchev–Trinajstić information content (AvgIpc) is 1.55. The smallest absolute Gasteiger partial charge is 0.338 e. The summed E-state index contributed by atoms with van der Waals surface area (Å²) in [6.45, 7) is 17.6. The van der Waals surface area contributed by atoms with Crippen LogP contribution in [0.15, 0.2) is 218 Å². The zero-order valence-electron chi connectivity index (χ0n) is 75.7. The second-order valence-electron chi connectivity index (χ2n) is 34.6. The van der Waals surface area contributed by atoms with Gasteiger partial charge in [-0.3, -0.25) is 0 Å². The minimum atomic E-state index is -0.635. The van der Waals surface area contributed by atoms with E-state index < -0.39 is 35.8 Å². The van der Waals surface area contributed by atoms with E-state index in [9.17, 15) is 0 Å². The minimum Gasteiger partial charge on any atom is -0.462 e. The number of fused-ring (bicyclic) bond motifs is 4. The van der Waals surface area contributed by atoms with Crippen molar-refractivity contribution in [3.05, 3.63) is 329 Å². The molecule has 0 spiro atoms. The SMILES string of the molecule is CCCCOC(=O)c1cc(CCCC)cc(C2=c3[nH]c(c4cc5ccccc5cc34)=C(c3cc(CCCC)cc(C(=O)OCCCC)c3)c3[nH]c(c4cc5ccccc5cc34)C(c3cc(C(=O)OCCCC)cc(C(=O)OCCCC)c3)=c3[nH]c(c4cc5ccccc5cc34)=C(c3cc(C(=O)OCCCC)cc(C(=O)OCCCC)c3)c3[nH]c2c2cc4ccccc4cc32)c1. The zero-order chi connectivity index (χ0) is 90.1. The standard InChI is InChI=1S/C114H112N4O12/c1-9-17-33-69-49-79(53-83(51-69)109(119)125-43-19-11-3)97-101-89-61-71-35-25-26-36-72(71)62-90(89)102(115-101)98(80-50-70(34-18-10-2)52-84(54-80)110(120)126-44-20-12-4)104-92-64-74-38-28-30-40-76(74)66-94(92)106(117-104)100(82-57-87(113(123)129-47-23-15-7)60-88(58-82)114(124)130-48-24-16-8)108-96-68-78-42-32-31-41-77(78)67-95(96)107(118-108)99(105-93-65-75-39-29-27-37-73(75)63-91(93)103(97)116-105)81-55-85(111(121)127-45-21-13-5)59-86(56-81)112(122)128-46-22-14-6/h25-32,35-42,49-68,115-118H,9-24,33-34,43-48H2,1-8H3. The van der Waals surface area contributed by atoms with E-state index in [0.717, 1.165) is 151 Å². The number of H-pyrrole nitrogens is 4. The number of hydrogen-bond acceptors (Lipinski definition) is 12. The Hall–Kier alpha value is -13.9. The van der Waals surface area contributed by atoms with Gasteiger partial charge in [-0.15, -0.1) is 0 Å². The number of hydrogen-bond donors (Lipinski definition) is 4. The van der Waals surface area contributed by atoms with Crippen LogP contribution in [0, 0.1) is 0 Å². The molecule has 0 atom stereocenters. The molecule has 0 amide bonds. The summed E-state index contributed by atoms with van der Waals surface area (Å²) in [5.74, 6) is -3.45. The Labute approximate surface area is 756 Å². The number of nitrogens with one attached hydrogen (secondary N) is 4. The monoisotopic (exact) mass is 1730 g/mol. The van der Waals surface area contributed by atoms with Crippen molar-refractivity contribution in [3.63, 3.8) is 0 Å². The van der Waals surface area contributed by atoms with Crippen LogP contribution in [0.1, 0.15) is 276 Å². The molecular formula is C114H112N4O12. The van der Waals surface area contributed by atoms with Gasteiger partial charge in [0.15, 0.2) is 0 Å². The molecular weight excluding hydrogens is 1620 g/mol. The second kappa shape index (κ2) is 39.8.